The summed E-state index contributed by atoms with van der Waals surface area (Å²) in [6, 6.07) is 13.2. The largest absolute Gasteiger partial charge is 0.344 e. The zero-order valence-corrected chi connectivity index (χ0v) is 16.8. The first kappa shape index (κ1) is 20.0. The van der Waals surface area contributed by atoms with Crippen LogP contribution in [0.3, 0.4) is 0 Å². The number of hydrazine groups is 1. The van der Waals surface area contributed by atoms with Crippen molar-refractivity contribution in [2.45, 2.75) is 31.8 Å². The number of urea groups is 1. The summed E-state index contributed by atoms with van der Waals surface area (Å²) in [6.45, 7) is 2.56. The summed E-state index contributed by atoms with van der Waals surface area (Å²) in [4.78, 5) is 39.5. The average molecular weight is 402 g/mol. The highest BCUT2D eigenvalue weighted by Crippen LogP contribution is 2.22. The summed E-state index contributed by atoms with van der Waals surface area (Å²) in [6.07, 6.45) is 1.11. The normalized spacial score (nSPS) is 20.1. The lowest BCUT2D eigenvalue weighted by Crippen LogP contribution is -3.09. The van der Waals surface area contributed by atoms with Gasteiger partial charge in [0.05, 0.1) is 11.9 Å². The number of rotatable bonds is 8. The van der Waals surface area contributed by atoms with Gasteiger partial charge in [0.2, 0.25) is 0 Å². The van der Waals surface area contributed by atoms with Gasteiger partial charge in [0, 0.05) is 0 Å². The fourth-order valence-corrected chi connectivity index (χ4v) is 4.02. The van der Waals surface area contributed by atoms with E-state index in [-0.39, 0.29) is 12.5 Å². The highest BCUT2D eigenvalue weighted by molar-refractivity contribution is 7.09. The number of carbonyl (C=O) groups is 3. The monoisotopic (exact) mass is 401 g/mol. The SMILES string of the molecule is C[NH+](CC(=O)NN1C(=O)N[C@@](C)(CCc2ccccc2)C1=O)Cc1cccs1. The van der Waals surface area contributed by atoms with E-state index in [1.165, 1.54) is 4.88 Å². The van der Waals surface area contributed by atoms with Crippen molar-refractivity contribution in [3.63, 3.8) is 0 Å². The van der Waals surface area contributed by atoms with Crippen LogP contribution in [-0.2, 0) is 22.6 Å². The number of likely N-dealkylation sites (N-methyl/N-ethyl adjacent to an activating group) is 1. The van der Waals surface area contributed by atoms with Gasteiger partial charge < -0.3 is 10.2 Å². The Morgan fingerprint density at radius 1 is 1.21 bits per heavy atom. The van der Waals surface area contributed by atoms with E-state index in [0.717, 1.165) is 15.5 Å². The molecule has 0 saturated carbocycles. The van der Waals surface area contributed by atoms with Crippen molar-refractivity contribution in [3.8, 4) is 0 Å². The number of carbonyl (C=O) groups excluding carboxylic acids is 3. The van der Waals surface area contributed by atoms with Gasteiger partial charge in [-0.05, 0) is 36.8 Å². The highest BCUT2D eigenvalue weighted by atomic mass is 32.1. The maximum atomic E-state index is 12.8. The van der Waals surface area contributed by atoms with Crippen LogP contribution in [0.2, 0.25) is 0 Å². The van der Waals surface area contributed by atoms with Crippen LogP contribution in [0.4, 0.5) is 4.79 Å². The molecule has 1 aliphatic heterocycles. The Morgan fingerprint density at radius 3 is 2.64 bits per heavy atom. The molecule has 2 atom stereocenters. The van der Waals surface area contributed by atoms with E-state index in [2.05, 4.69) is 10.7 Å². The van der Waals surface area contributed by atoms with Gasteiger partial charge in [0.1, 0.15) is 12.1 Å². The van der Waals surface area contributed by atoms with Crippen LogP contribution in [0.5, 0.6) is 0 Å². The summed E-state index contributed by atoms with van der Waals surface area (Å²) >= 11 is 1.63. The molecule has 1 aromatic heterocycles. The molecule has 2 aromatic rings. The molecule has 0 bridgehead atoms. The van der Waals surface area contributed by atoms with Gasteiger partial charge in [-0.15, -0.1) is 11.3 Å². The number of imide groups is 1. The Morgan fingerprint density at radius 2 is 1.96 bits per heavy atom. The van der Waals surface area contributed by atoms with E-state index in [0.29, 0.717) is 19.4 Å². The zero-order valence-electron chi connectivity index (χ0n) is 16.0. The molecule has 1 fully saturated rings. The molecule has 8 heteroatoms. The van der Waals surface area contributed by atoms with Crippen molar-refractivity contribution in [2.24, 2.45) is 0 Å². The first-order valence-corrected chi connectivity index (χ1v) is 10.1. The van der Waals surface area contributed by atoms with Crippen molar-refractivity contribution in [1.29, 1.82) is 0 Å². The summed E-state index contributed by atoms with van der Waals surface area (Å²) in [5.41, 5.74) is 2.52. The predicted molar refractivity (Wildman–Crippen MR) is 106 cm³/mol. The topological polar surface area (TPSA) is 82.9 Å². The summed E-state index contributed by atoms with van der Waals surface area (Å²) in [5, 5.41) is 5.52. The van der Waals surface area contributed by atoms with Gasteiger partial charge in [-0.25, -0.2) is 4.79 Å². The molecular weight excluding hydrogens is 376 g/mol. The molecule has 1 saturated heterocycles. The number of amides is 4. The first-order chi connectivity index (χ1) is 13.4. The minimum absolute atomic E-state index is 0.162. The van der Waals surface area contributed by atoms with Crippen LogP contribution < -0.4 is 15.6 Å². The van der Waals surface area contributed by atoms with Crippen molar-refractivity contribution < 1.29 is 19.3 Å². The second kappa shape index (κ2) is 8.53. The highest BCUT2D eigenvalue weighted by Gasteiger charge is 2.48. The molecule has 4 amide bonds. The fraction of sp³-hybridized carbons (Fsp3) is 0.350. The van der Waals surface area contributed by atoms with Gasteiger partial charge in [-0.1, -0.05) is 36.4 Å². The van der Waals surface area contributed by atoms with Gasteiger partial charge >= 0.3 is 6.03 Å². The number of aryl methyl sites for hydroxylation is 1. The number of hydrogen-bond acceptors (Lipinski definition) is 4. The maximum Gasteiger partial charge on any atom is 0.344 e. The maximum absolute atomic E-state index is 12.8. The van der Waals surface area contributed by atoms with Crippen molar-refractivity contribution in [3.05, 3.63) is 58.3 Å². The molecule has 28 heavy (non-hydrogen) atoms. The lowest BCUT2D eigenvalue weighted by Gasteiger charge is -2.22. The van der Waals surface area contributed by atoms with E-state index >= 15 is 0 Å². The summed E-state index contributed by atoms with van der Waals surface area (Å²) in [5.74, 6) is -0.803. The fourth-order valence-electron chi connectivity index (χ4n) is 3.21. The molecule has 3 N–H and O–H groups in total. The minimum Gasteiger partial charge on any atom is -0.325 e. The predicted octanol–water partition coefficient (Wildman–Crippen LogP) is 0.737. The molecule has 0 radical (unpaired) electrons. The van der Waals surface area contributed by atoms with E-state index in [1.807, 2.05) is 54.9 Å². The lowest BCUT2D eigenvalue weighted by atomic mass is 9.93. The van der Waals surface area contributed by atoms with Gasteiger partial charge in [-0.3, -0.25) is 15.0 Å². The van der Waals surface area contributed by atoms with Gasteiger partial charge in [-0.2, -0.15) is 5.01 Å². The Hall–Kier alpha value is -2.71. The molecule has 148 valence electrons. The Labute approximate surface area is 168 Å². The molecule has 0 spiro atoms. The lowest BCUT2D eigenvalue weighted by molar-refractivity contribution is -0.885. The van der Waals surface area contributed by atoms with Crippen molar-refractivity contribution in [2.75, 3.05) is 13.6 Å². The molecule has 2 heterocycles. The number of hydrogen-bond donors (Lipinski definition) is 3. The molecule has 3 rings (SSSR count). The van der Waals surface area contributed by atoms with Crippen LogP contribution >= 0.6 is 11.3 Å². The number of quaternary nitrogens is 1. The third kappa shape index (κ3) is 4.76. The van der Waals surface area contributed by atoms with Crippen molar-refractivity contribution >= 4 is 29.2 Å². The van der Waals surface area contributed by atoms with Crippen LogP contribution in [0, 0.1) is 0 Å². The molecule has 1 aromatic carbocycles. The van der Waals surface area contributed by atoms with E-state index in [4.69, 9.17) is 0 Å². The molecule has 7 nitrogen and oxygen atoms in total. The third-order valence-corrected chi connectivity index (χ3v) is 5.65. The molecule has 0 aliphatic carbocycles. The van der Waals surface area contributed by atoms with Gasteiger partial charge in [0.15, 0.2) is 6.54 Å². The number of nitrogens with one attached hydrogen (secondary N) is 3. The minimum atomic E-state index is -1.03. The van der Waals surface area contributed by atoms with Crippen LogP contribution in [0.25, 0.3) is 0 Å². The van der Waals surface area contributed by atoms with E-state index in [9.17, 15) is 14.4 Å². The average Bonchev–Trinajstić information content (AvgIpc) is 3.23. The van der Waals surface area contributed by atoms with E-state index < -0.39 is 17.5 Å². The Bertz CT molecular complexity index is 840. The Kier molecular flexibility index (Phi) is 6.11. The first-order valence-electron chi connectivity index (χ1n) is 9.21. The number of benzene rings is 1. The summed E-state index contributed by atoms with van der Waals surface area (Å²) in [7, 11) is 1.90. The van der Waals surface area contributed by atoms with Crippen LogP contribution in [-0.4, -0.2) is 42.0 Å². The smallest absolute Gasteiger partial charge is 0.325 e. The molecular formula is C20H25N4O3S+. The Balaban J connectivity index is 1.54. The van der Waals surface area contributed by atoms with Gasteiger partial charge in [0.25, 0.3) is 11.8 Å². The second-order valence-electron chi connectivity index (χ2n) is 7.31. The third-order valence-electron chi connectivity index (χ3n) is 4.77. The van der Waals surface area contributed by atoms with E-state index in [1.54, 1.807) is 18.3 Å². The molecule has 1 unspecified atom stereocenters. The number of nitrogens with zero attached hydrogens (tertiary/aromatic N) is 1. The number of thiophene rings is 1. The standard InChI is InChI=1S/C20H24N4O3S/c1-20(11-10-15-7-4-3-5-8-15)18(26)24(19(27)21-20)22-17(25)14-23(2)13-16-9-6-12-28-16/h3-9,12H,10-11,13-14H2,1-2H3,(H,21,27)(H,22,25)/p+1/t20-/m0/s1. The van der Waals surface area contributed by atoms with Crippen LogP contribution in [0.1, 0.15) is 23.8 Å². The zero-order chi connectivity index (χ0) is 20.1. The van der Waals surface area contributed by atoms with Crippen LogP contribution in [0.15, 0.2) is 47.8 Å². The second-order valence-corrected chi connectivity index (χ2v) is 8.35. The van der Waals surface area contributed by atoms with Crippen molar-refractivity contribution in [1.82, 2.24) is 15.8 Å². The quantitative estimate of drug-likeness (QED) is 0.571. The molecule has 1 aliphatic rings. The summed E-state index contributed by atoms with van der Waals surface area (Å²) < 4.78 is 0.